The van der Waals surface area contributed by atoms with E-state index < -0.39 is 0 Å². The molecular weight excluding hydrogens is 182 g/mol. The topological polar surface area (TPSA) is 81.2 Å². The van der Waals surface area contributed by atoms with Gasteiger partial charge in [0.15, 0.2) is 0 Å². The zero-order chi connectivity index (χ0) is 9.97. The lowest BCUT2D eigenvalue weighted by molar-refractivity contribution is -0.0814. The number of pyridine rings is 1. The van der Waals surface area contributed by atoms with Crippen molar-refractivity contribution in [2.24, 2.45) is 5.73 Å². The van der Waals surface area contributed by atoms with Crippen molar-refractivity contribution >= 4 is 5.84 Å². The van der Waals surface area contributed by atoms with Gasteiger partial charge in [-0.15, -0.1) is 0 Å². The van der Waals surface area contributed by atoms with E-state index in [1.54, 1.807) is 18.3 Å². The predicted octanol–water partition coefficient (Wildman–Crippen LogP) is 0.143. The van der Waals surface area contributed by atoms with Gasteiger partial charge in [0, 0.05) is 6.20 Å². The van der Waals surface area contributed by atoms with Crippen LogP contribution in [0, 0.1) is 5.41 Å². The largest absolute Gasteiger partial charge is 0.469 e. The third-order valence-corrected chi connectivity index (χ3v) is 1.95. The lowest BCUT2D eigenvalue weighted by Gasteiger charge is -2.26. The van der Waals surface area contributed by atoms with Crippen LogP contribution in [0.3, 0.4) is 0 Å². The van der Waals surface area contributed by atoms with Gasteiger partial charge in [-0.05, 0) is 12.1 Å². The Morgan fingerprint density at radius 1 is 1.64 bits per heavy atom. The Kier molecular flexibility index (Phi) is 2.32. The number of hydrogen-bond acceptors (Lipinski definition) is 4. The summed E-state index contributed by atoms with van der Waals surface area (Å²) >= 11 is 0. The molecule has 74 valence electrons. The number of nitrogens with one attached hydrogen (secondary N) is 1. The molecule has 5 heteroatoms. The lowest BCUT2D eigenvalue weighted by atomic mass is 10.2. The van der Waals surface area contributed by atoms with E-state index in [2.05, 4.69) is 4.98 Å². The quantitative estimate of drug-likeness (QED) is 0.528. The molecule has 0 bridgehead atoms. The zero-order valence-electron chi connectivity index (χ0n) is 7.56. The van der Waals surface area contributed by atoms with E-state index in [0.29, 0.717) is 24.7 Å². The van der Waals surface area contributed by atoms with Crippen molar-refractivity contribution in [3.63, 3.8) is 0 Å². The SMILES string of the molecule is N=C(N)c1cccnc1OC1COC1. The minimum atomic E-state index is -0.0339. The summed E-state index contributed by atoms with van der Waals surface area (Å²) in [7, 11) is 0. The monoisotopic (exact) mass is 193 g/mol. The average Bonchev–Trinajstić information content (AvgIpc) is 2.12. The molecule has 14 heavy (non-hydrogen) atoms. The highest BCUT2D eigenvalue weighted by atomic mass is 16.6. The molecule has 1 aliphatic rings. The van der Waals surface area contributed by atoms with Gasteiger partial charge in [-0.2, -0.15) is 0 Å². The van der Waals surface area contributed by atoms with Gasteiger partial charge in [-0.3, -0.25) is 5.41 Å². The molecule has 0 amide bonds. The molecule has 1 fully saturated rings. The third-order valence-electron chi connectivity index (χ3n) is 1.95. The first kappa shape index (κ1) is 8.96. The first-order valence-corrected chi connectivity index (χ1v) is 4.31. The van der Waals surface area contributed by atoms with Crippen molar-refractivity contribution in [1.29, 1.82) is 5.41 Å². The highest BCUT2D eigenvalue weighted by molar-refractivity contribution is 5.96. The molecule has 1 aromatic rings. The molecule has 0 atom stereocenters. The lowest BCUT2D eigenvalue weighted by Crippen LogP contribution is -2.39. The predicted molar refractivity (Wildman–Crippen MR) is 50.5 cm³/mol. The maximum Gasteiger partial charge on any atom is 0.224 e. The van der Waals surface area contributed by atoms with Crippen LogP contribution >= 0.6 is 0 Å². The van der Waals surface area contributed by atoms with E-state index in [1.807, 2.05) is 0 Å². The van der Waals surface area contributed by atoms with Gasteiger partial charge in [0.05, 0.1) is 18.8 Å². The third kappa shape index (κ3) is 1.67. The Hall–Kier alpha value is -1.62. The highest BCUT2D eigenvalue weighted by Crippen LogP contribution is 2.17. The van der Waals surface area contributed by atoms with Crippen LogP contribution in [0.1, 0.15) is 5.56 Å². The van der Waals surface area contributed by atoms with Crippen molar-refractivity contribution < 1.29 is 9.47 Å². The molecule has 2 heterocycles. The van der Waals surface area contributed by atoms with Gasteiger partial charge in [-0.25, -0.2) is 4.98 Å². The van der Waals surface area contributed by atoms with E-state index in [1.165, 1.54) is 0 Å². The van der Waals surface area contributed by atoms with E-state index in [9.17, 15) is 0 Å². The van der Waals surface area contributed by atoms with Crippen LogP contribution in [-0.4, -0.2) is 30.1 Å². The second-order valence-corrected chi connectivity index (χ2v) is 3.05. The summed E-state index contributed by atoms with van der Waals surface area (Å²) in [6.07, 6.45) is 1.66. The number of nitrogen functional groups attached to an aromatic ring is 1. The van der Waals surface area contributed by atoms with E-state index in [0.717, 1.165) is 0 Å². The summed E-state index contributed by atoms with van der Waals surface area (Å²) in [4.78, 5) is 4.02. The summed E-state index contributed by atoms with van der Waals surface area (Å²) < 4.78 is 10.5. The van der Waals surface area contributed by atoms with Crippen LogP contribution in [0.4, 0.5) is 0 Å². The Balaban J connectivity index is 2.17. The van der Waals surface area contributed by atoms with Gasteiger partial charge in [0.25, 0.3) is 0 Å². The van der Waals surface area contributed by atoms with Gasteiger partial charge < -0.3 is 15.2 Å². The number of aromatic nitrogens is 1. The van der Waals surface area contributed by atoms with E-state index in [-0.39, 0.29) is 11.9 Å². The molecule has 0 unspecified atom stereocenters. The second kappa shape index (κ2) is 3.63. The Morgan fingerprint density at radius 3 is 3.00 bits per heavy atom. The fourth-order valence-electron chi connectivity index (χ4n) is 1.13. The standard InChI is InChI=1S/C9H11N3O2/c10-8(11)7-2-1-3-12-9(7)14-6-4-13-5-6/h1-3,6H,4-5H2,(H3,10,11). The molecule has 1 aliphatic heterocycles. The molecule has 0 aromatic carbocycles. The van der Waals surface area contributed by atoms with Gasteiger partial charge in [0.2, 0.25) is 5.88 Å². The molecule has 0 aliphatic carbocycles. The summed E-state index contributed by atoms with van der Waals surface area (Å²) in [5.74, 6) is 0.377. The molecular formula is C9H11N3O2. The van der Waals surface area contributed by atoms with Crippen LogP contribution in [-0.2, 0) is 4.74 Å². The fraction of sp³-hybridized carbons (Fsp3) is 0.333. The number of nitrogens with two attached hydrogens (primary N) is 1. The fourth-order valence-corrected chi connectivity index (χ4v) is 1.13. The van der Waals surface area contributed by atoms with Gasteiger partial charge in [0.1, 0.15) is 11.9 Å². The first-order valence-electron chi connectivity index (χ1n) is 4.31. The van der Waals surface area contributed by atoms with Crippen molar-refractivity contribution in [3.05, 3.63) is 23.9 Å². The molecule has 0 spiro atoms. The number of amidine groups is 1. The van der Waals surface area contributed by atoms with Crippen molar-refractivity contribution in [2.75, 3.05) is 13.2 Å². The minimum absolute atomic E-state index is 0.0339. The van der Waals surface area contributed by atoms with Crippen LogP contribution in [0.5, 0.6) is 5.88 Å². The minimum Gasteiger partial charge on any atom is -0.469 e. The number of rotatable bonds is 3. The van der Waals surface area contributed by atoms with Crippen molar-refractivity contribution in [1.82, 2.24) is 4.98 Å². The van der Waals surface area contributed by atoms with Gasteiger partial charge >= 0.3 is 0 Å². The molecule has 3 N–H and O–H groups in total. The second-order valence-electron chi connectivity index (χ2n) is 3.05. The summed E-state index contributed by atoms with van der Waals surface area (Å²) in [6.45, 7) is 1.15. The molecule has 5 nitrogen and oxygen atoms in total. The highest BCUT2D eigenvalue weighted by Gasteiger charge is 2.22. The molecule has 0 radical (unpaired) electrons. The van der Waals surface area contributed by atoms with Gasteiger partial charge in [-0.1, -0.05) is 0 Å². The Bertz CT molecular complexity index is 350. The van der Waals surface area contributed by atoms with Crippen LogP contribution < -0.4 is 10.5 Å². The normalized spacial score (nSPS) is 16.0. The molecule has 1 aromatic heterocycles. The Morgan fingerprint density at radius 2 is 2.43 bits per heavy atom. The van der Waals surface area contributed by atoms with Crippen molar-refractivity contribution in [3.8, 4) is 5.88 Å². The summed E-state index contributed by atoms with van der Waals surface area (Å²) in [5, 5.41) is 7.32. The van der Waals surface area contributed by atoms with E-state index in [4.69, 9.17) is 20.6 Å². The molecule has 2 rings (SSSR count). The summed E-state index contributed by atoms with van der Waals surface area (Å²) in [5.41, 5.74) is 5.91. The number of ether oxygens (including phenoxy) is 2. The van der Waals surface area contributed by atoms with Crippen LogP contribution in [0.2, 0.25) is 0 Å². The number of hydrogen-bond donors (Lipinski definition) is 2. The number of nitrogens with zero attached hydrogens (tertiary/aromatic N) is 1. The molecule has 0 saturated carbocycles. The average molecular weight is 193 g/mol. The van der Waals surface area contributed by atoms with Crippen molar-refractivity contribution in [2.45, 2.75) is 6.10 Å². The van der Waals surface area contributed by atoms with Crippen LogP contribution in [0.15, 0.2) is 18.3 Å². The van der Waals surface area contributed by atoms with Crippen LogP contribution in [0.25, 0.3) is 0 Å². The Labute approximate surface area is 81.4 Å². The zero-order valence-corrected chi connectivity index (χ0v) is 7.56. The maximum absolute atomic E-state index is 7.32. The first-order chi connectivity index (χ1) is 6.77. The maximum atomic E-state index is 7.32. The smallest absolute Gasteiger partial charge is 0.224 e. The van der Waals surface area contributed by atoms with E-state index >= 15 is 0 Å². The molecule has 1 saturated heterocycles. The summed E-state index contributed by atoms with van der Waals surface area (Å²) in [6, 6.07) is 3.44.